The molecule has 6 nitrogen and oxygen atoms in total. The fourth-order valence-electron chi connectivity index (χ4n) is 6.71. The zero-order valence-electron chi connectivity index (χ0n) is 22.8. The van der Waals surface area contributed by atoms with Crippen LogP contribution in [0.15, 0.2) is 18.2 Å². The van der Waals surface area contributed by atoms with Crippen LogP contribution in [-0.2, 0) is 9.59 Å². The van der Waals surface area contributed by atoms with Crippen molar-refractivity contribution in [3.8, 4) is 0 Å². The van der Waals surface area contributed by atoms with Crippen LogP contribution in [-0.4, -0.2) is 82.0 Å². The Hall–Kier alpha value is -2.06. The Morgan fingerprint density at radius 2 is 1.76 bits per heavy atom. The first kappa shape index (κ1) is 28.0. The van der Waals surface area contributed by atoms with Crippen LogP contribution in [0.1, 0.15) is 77.7 Å². The van der Waals surface area contributed by atoms with Crippen LogP contribution < -0.4 is 0 Å². The van der Waals surface area contributed by atoms with Gasteiger partial charge in [0.1, 0.15) is 17.7 Å². The molecular weight excluding hydrogens is 476 g/mol. The summed E-state index contributed by atoms with van der Waals surface area (Å²) in [5.41, 5.74) is 0.195. The molecule has 2 heterocycles. The van der Waals surface area contributed by atoms with E-state index in [4.69, 9.17) is 0 Å². The number of carbonyl (C=O) groups is 2. The third kappa shape index (κ3) is 6.33. The molecule has 37 heavy (non-hydrogen) atoms. The number of hydrogen-bond donors (Lipinski definition) is 1. The molecule has 206 valence electrons. The summed E-state index contributed by atoms with van der Waals surface area (Å²) in [6.45, 7) is 10.7. The second kappa shape index (κ2) is 11.4. The molecular formula is C29H43F2N3O3. The van der Waals surface area contributed by atoms with Gasteiger partial charge in [-0.25, -0.2) is 8.78 Å². The molecule has 8 heteroatoms. The van der Waals surface area contributed by atoms with Gasteiger partial charge in [-0.15, -0.1) is 0 Å². The molecule has 4 rings (SSSR count). The largest absolute Gasteiger partial charge is 0.480 e. The molecule has 3 aliphatic rings. The van der Waals surface area contributed by atoms with Crippen LogP contribution in [0.3, 0.4) is 0 Å². The molecule has 4 atom stereocenters. The van der Waals surface area contributed by atoms with Gasteiger partial charge in [-0.05, 0) is 51.7 Å². The fraction of sp³-hybridized carbons (Fsp3) is 0.724. The minimum absolute atomic E-state index is 0.0221. The van der Waals surface area contributed by atoms with Gasteiger partial charge in [0.2, 0.25) is 5.91 Å². The highest BCUT2D eigenvalue weighted by Gasteiger charge is 2.46. The Labute approximate surface area is 220 Å². The third-order valence-electron chi connectivity index (χ3n) is 8.91. The lowest BCUT2D eigenvalue weighted by atomic mass is 9.84. The number of carboxylic acid groups (broad SMARTS) is 1. The Bertz CT molecular complexity index is 976. The van der Waals surface area contributed by atoms with Gasteiger partial charge >= 0.3 is 5.97 Å². The molecule has 1 aliphatic carbocycles. The van der Waals surface area contributed by atoms with Gasteiger partial charge in [-0.1, -0.05) is 38.2 Å². The van der Waals surface area contributed by atoms with Gasteiger partial charge in [0.25, 0.3) is 0 Å². The fourth-order valence-corrected chi connectivity index (χ4v) is 6.71. The van der Waals surface area contributed by atoms with Crippen molar-refractivity contribution in [3.05, 3.63) is 35.4 Å². The molecule has 1 aromatic carbocycles. The number of nitrogens with zero attached hydrogens (tertiary/aromatic N) is 3. The summed E-state index contributed by atoms with van der Waals surface area (Å²) in [7, 11) is 0. The molecule has 3 fully saturated rings. The predicted molar refractivity (Wildman–Crippen MR) is 139 cm³/mol. The maximum Gasteiger partial charge on any atom is 0.320 e. The van der Waals surface area contributed by atoms with Gasteiger partial charge < -0.3 is 10.0 Å². The lowest BCUT2D eigenvalue weighted by Gasteiger charge is -2.44. The number of aliphatic carboxylic acids is 1. The van der Waals surface area contributed by atoms with Crippen LogP contribution >= 0.6 is 0 Å². The lowest BCUT2D eigenvalue weighted by molar-refractivity contribution is -0.148. The van der Waals surface area contributed by atoms with E-state index in [9.17, 15) is 23.5 Å². The maximum absolute atomic E-state index is 14.8. The van der Waals surface area contributed by atoms with Crippen LogP contribution in [0.4, 0.5) is 8.78 Å². The number of piperazine rings is 1. The molecule has 2 aliphatic heterocycles. The number of likely N-dealkylation sites (tertiary alicyclic amines) is 1. The summed E-state index contributed by atoms with van der Waals surface area (Å²) in [5.74, 6) is -2.37. The molecule has 1 N–H and O–H groups in total. The van der Waals surface area contributed by atoms with E-state index in [0.717, 1.165) is 18.9 Å². The van der Waals surface area contributed by atoms with Crippen molar-refractivity contribution in [2.45, 2.75) is 89.8 Å². The normalized spacial score (nSPS) is 27.4. The Kier molecular flexibility index (Phi) is 8.58. The van der Waals surface area contributed by atoms with Crippen molar-refractivity contribution in [1.82, 2.24) is 14.7 Å². The smallest absolute Gasteiger partial charge is 0.320 e. The van der Waals surface area contributed by atoms with Crippen LogP contribution in [0.25, 0.3) is 0 Å². The average Bonchev–Trinajstić information content (AvgIpc) is 3.28. The summed E-state index contributed by atoms with van der Waals surface area (Å²) in [6.07, 6.45) is 6.47. The average molecular weight is 520 g/mol. The van der Waals surface area contributed by atoms with Crippen molar-refractivity contribution >= 4 is 11.9 Å². The highest BCUT2D eigenvalue weighted by atomic mass is 19.1. The zero-order chi connectivity index (χ0) is 26.9. The molecule has 1 unspecified atom stereocenters. The van der Waals surface area contributed by atoms with Crippen molar-refractivity contribution in [3.63, 3.8) is 0 Å². The van der Waals surface area contributed by atoms with E-state index in [2.05, 4.69) is 30.6 Å². The quantitative estimate of drug-likeness (QED) is 0.589. The van der Waals surface area contributed by atoms with Gasteiger partial charge in [-0.2, -0.15) is 0 Å². The molecule has 1 amide bonds. The maximum atomic E-state index is 14.8. The topological polar surface area (TPSA) is 64.1 Å². The van der Waals surface area contributed by atoms with E-state index in [0.29, 0.717) is 50.6 Å². The first-order chi connectivity index (χ1) is 17.5. The summed E-state index contributed by atoms with van der Waals surface area (Å²) >= 11 is 0. The monoisotopic (exact) mass is 519 g/mol. The van der Waals surface area contributed by atoms with E-state index in [1.807, 2.05) is 11.8 Å². The van der Waals surface area contributed by atoms with Crippen LogP contribution in [0.2, 0.25) is 0 Å². The molecule has 0 spiro atoms. The van der Waals surface area contributed by atoms with Gasteiger partial charge in [-0.3, -0.25) is 19.4 Å². The summed E-state index contributed by atoms with van der Waals surface area (Å²) in [6, 6.07) is 3.03. The number of amides is 1. The summed E-state index contributed by atoms with van der Waals surface area (Å²) in [4.78, 5) is 32.2. The van der Waals surface area contributed by atoms with Crippen molar-refractivity contribution < 1.29 is 23.5 Å². The second-order valence-electron chi connectivity index (χ2n) is 12.4. The first-order valence-electron chi connectivity index (χ1n) is 13.9. The summed E-state index contributed by atoms with van der Waals surface area (Å²) in [5, 5.41) is 10.0. The Morgan fingerprint density at radius 3 is 2.35 bits per heavy atom. The van der Waals surface area contributed by atoms with E-state index < -0.39 is 29.6 Å². The number of hydrogen-bond acceptors (Lipinski definition) is 4. The molecule has 2 saturated heterocycles. The zero-order valence-corrected chi connectivity index (χ0v) is 22.8. The van der Waals surface area contributed by atoms with Crippen LogP contribution in [0, 0.1) is 23.5 Å². The minimum Gasteiger partial charge on any atom is -0.480 e. The first-order valence-corrected chi connectivity index (χ1v) is 13.9. The second-order valence-corrected chi connectivity index (χ2v) is 12.4. The van der Waals surface area contributed by atoms with E-state index in [1.54, 1.807) is 0 Å². The predicted octanol–water partition coefficient (Wildman–Crippen LogP) is 4.74. The number of carboxylic acids is 1. The summed E-state index contributed by atoms with van der Waals surface area (Å²) < 4.78 is 28.5. The van der Waals surface area contributed by atoms with E-state index >= 15 is 0 Å². The van der Waals surface area contributed by atoms with Gasteiger partial charge in [0.05, 0.1) is 5.92 Å². The van der Waals surface area contributed by atoms with E-state index in [1.165, 1.54) is 31.4 Å². The van der Waals surface area contributed by atoms with Gasteiger partial charge in [0, 0.05) is 56.3 Å². The van der Waals surface area contributed by atoms with Crippen LogP contribution in [0.5, 0.6) is 0 Å². The van der Waals surface area contributed by atoms with Crippen molar-refractivity contribution in [2.24, 2.45) is 11.8 Å². The molecule has 0 bridgehead atoms. The van der Waals surface area contributed by atoms with Crippen molar-refractivity contribution in [1.29, 1.82) is 0 Å². The standard InChI is InChI=1S/C29H43F2N3O3/c1-19-16-32(12-13-34(19)26(28(36)37)14-20-8-6-5-7-9-20)27(35)24-18-33(29(2,3)4)17-23(24)22-11-10-21(30)15-25(22)31/h10-11,15,19-20,23-24,26H,5-9,12-14,16-18H2,1-4H3,(H,36,37)/t19-,23+,24-,26?/m1/s1. The van der Waals surface area contributed by atoms with Crippen molar-refractivity contribution in [2.75, 3.05) is 32.7 Å². The number of rotatable bonds is 6. The Morgan fingerprint density at radius 1 is 1.05 bits per heavy atom. The third-order valence-corrected chi connectivity index (χ3v) is 8.91. The highest BCUT2D eigenvalue weighted by Crippen LogP contribution is 2.39. The minimum atomic E-state index is -0.777. The number of carbonyl (C=O) groups excluding carboxylic acids is 1. The molecule has 1 aromatic rings. The molecule has 0 aromatic heterocycles. The lowest BCUT2D eigenvalue weighted by Crippen LogP contribution is -2.59. The Balaban J connectivity index is 1.48. The van der Waals surface area contributed by atoms with E-state index in [-0.39, 0.29) is 23.4 Å². The SMILES string of the molecule is C[C@@H]1CN(C(=O)[C@@H]2CN(C(C)(C)C)C[C@H]2c2ccc(F)cc2F)CCN1C(CC1CCCCC1)C(=O)O. The van der Waals surface area contributed by atoms with Gasteiger partial charge in [0.15, 0.2) is 0 Å². The highest BCUT2D eigenvalue weighted by molar-refractivity contribution is 5.81. The molecule has 0 radical (unpaired) electrons. The number of benzene rings is 1. The number of halogens is 2. The molecule has 1 saturated carbocycles.